The average Bonchev–Trinajstić information content (AvgIpc) is 2.38. The summed E-state index contributed by atoms with van der Waals surface area (Å²) in [4.78, 5) is 23.6. The summed E-state index contributed by atoms with van der Waals surface area (Å²) in [6.45, 7) is 4.72. The number of carbonyl (C=O) groups excluding carboxylic acids is 2. The largest absolute Gasteiger partial charge is 0.356 e. The molecule has 5 heteroatoms. The molecule has 0 aliphatic rings. The van der Waals surface area contributed by atoms with Gasteiger partial charge in [0.1, 0.15) is 0 Å². The number of halogens is 1. The van der Waals surface area contributed by atoms with E-state index in [0.717, 1.165) is 23.0 Å². The molecule has 0 spiro atoms. The first-order valence-electron chi connectivity index (χ1n) is 7.33. The molecule has 0 saturated heterocycles. The standard InChI is InChI=1S/C16H23BrN2O2/c1-3-4-8-18-15(20)9-12(2)10-16(21)19-14-7-5-6-13(17)11-14/h5-7,11-12H,3-4,8-10H2,1-2H3,(H,18,20)(H,19,21)/t12-/m0/s1. The second-order valence-electron chi connectivity index (χ2n) is 5.28. The predicted molar refractivity (Wildman–Crippen MR) is 89.1 cm³/mol. The average molecular weight is 355 g/mol. The number of amides is 2. The third-order valence-electron chi connectivity index (χ3n) is 3.03. The number of carbonyl (C=O) groups is 2. The number of benzene rings is 1. The van der Waals surface area contributed by atoms with Gasteiger partial charge in [0.25, 0.3) is 0 Å². The van der Waals surface area contributed by atoms with Gasteiger partial charge in [0, 0.05) is 29.5 Å². The molecule has 0 aromatic heterocycles. The van der Waals surface area contributed by atoms with Crippen molar-refractivity contribution in [2.45, 2.75) is 39.5 Å². The summed E-state index contributed by atoms with van der Waals surface area (Å²) in [6.07, 6.45) is 2.78. The zero-order chi connectivity index (χ0) is 15.7. The summed E-state index contributed by atoms with van der Waals surface area (Å²) >= 11 is 3.36. The summed E-state index contributed by atoms with van der Waals surface area (Å²) in [5.41, 5.74) is 0.758. The Morgan fingerprint density at radius 2 is 1.95 bits per heavy atom. The second-order valence-corrected chi connectivity index (χ2v) is 6.19. The summed E-state index contributed by atoms with van der Waals surface area (Å²) in [6, 6.07) is 7.45. The van der Waals surface area contributed by atoms with E-state index in [1.54, 1.807) is 0 Å². The monoisotopic (exact) mass is 354 g/mol. The van der Waals surface area contributed by atoms with E-state index in [4.69, 9.17) is 0 Å². The van der Waals surface area contributed by atoms with Gasteiger partial charge >= 0.3 is 0 Å². The van der Waals surface area contributed by atoms with Crippen molar-refractivity contribution in [3.63, 3.8) is 0 Å². The minimum atomic E-state index is -0.0676. The first-order chi connectivity index (χ1) is 10.0. The molecule has 1 atom stereocenters. The van der Waals surface area contributed by atoms with Crippen molar-refractivity contribution in [1.82, 2.24) is 5.32 Å². The van der Waals surface area contributed by atoms with Crippen LogP contribution in [0.25, 0.3) is 0 Å². The van der Waals surface area contributed by atoms with Crippen molar-refractivity contribution >= 4 is 33.4 Å². The number of rotatable bonds is 8. The van der Waals surface area contributed by atoms with E-state index in [-0.39, 0.29) is 17.7 Å². The Bertz CT molecular complexity index is 477. The maximum atomic E-state index is 11.9. The lowest BCUT2D eigenvalue weighted by Crippen LogP contribution is -2.27. The van der Waals surface area contributed by atoms with Crippen LogP contribution in [0, 0.1) is 5.92 Å². The zero-order valence-corrected chi connectivity index (χ0v) is 14.2. The van der Waals surface area contributed by atoms with Crippen LogP contribution < -0.4 is 10.6 Å². The van der Waals surface area contributed by atoms with Crippen molar-refractivity contribution in [3.8, 4) is 0 Å². The maximum Gasteiger partial charge on any atom is 0.224 e. The van der Waals surface area contributed by atoms with Gasteiger partial charge in [-0.2, -0.15) is 0 Å². The highest BCUT2D eigenvalue weighted by molar-refractivity contribution is 9.10. The molecule has 1 rings (SSSR count). The van der Waals surface area contributed by atoms with E-state index in [9.17, 15) is 9.59 Å². The SMILES string of the molecule is CCCCNC(=O)C[C@H](C)CC(=O)Nc1cccc(Br)c1. The lowest BCUT2D eigenvalue weighted by atomic mass is 10.0. The maximum absolute atomic E-state index is 11.9. The number of nitrogens with one attached hydrogen (secondary N) is 2. The molecule has 0 aliphatic carbocycles. The first-order valence-corrected chi connectivity index (χ1v) is 8.12. The van der Waals surface area contributed by atoms with Crippen molar-refractivity contribution in [1.29, 1.82) is 0 Å². The summed E-state index contributed by atoms with van der Waals surface area (Å²) in [7, 11) is 0. The third kappa shape index (κ3) is 7.85. The fourth-order valence-corrected chi connectivity index (χ4v) is 2.36. The molecule has 0 heterocycles. The molecule has 0 unspecified atom stereocenters. The van der Waals surface area contributed by atoms with E-state index in [1.807, 2.05) is 31.2 Å². The van der Waals surface area contributed by atoms with Gasteiger partial charge in [0.15, 0.2) is 0 Å². The van der Waals surface area contributed by atoms with Gasteiger partial charge in [-0.25, -0.2) is 0 Å². The number of hydrogen-bond acceptors (Lipinski definition) is 2. The molecule has 0 saturated carbocycles. The third-order valence-corrected chi connectivity index (χ3v) is 3.52. The Balaban J connectivity index is 2.32. The first kappa shape index (κ1) is 17.7. The molecule has 0 fully saturated rings. The van der Waals surface area contributed by atoms with Gasteiger partial charge in [0.2, 0.25) is 11.8 Å². The van der Waals surface area contributed by atoms with Crippen LogP contribution in [0.5, 0.6) is 0 Å². The normalized spacial score (nSPS) is 11.8. The van der Waals surface area contributed by atoms with E-state index in [1.165, 1.54) is 0 Å². The van der Waals surface area contributed by atoms with Crippen LogP contribution in [0.4, 0.5) is 5.69 Å². The zero-order valence-electron chi connectivity index (χ0n) is 12.6. The van der Waals surface area contributed by atoms with Crippen LogP contribution >= 0.6 is 15.9 Å². The Hall–Kier alpha value is -1.36. The van der Waals surface area contributed by atoms with Crippen molar-refractivity contribution < 1.29 is 9.59 Å². The molecule has 116 valence electrons. The van der Waals surface area contributed by atoms with Crippen LogP contribution in [0.2, 0.25) is 0 Å². The van der Waals surface area contributed by atoms with Gasteiger partial charge in [0.05, 0.1) is 0 Å². The van der Waals surface area contributed by atoms with Gasteiger partial charge in [-0.05, 0) is 30.5 Å². The van der Waals surface area contributed by atoms with Gasteiger partial charge in [-0.3, -0.25) is 9.59 Å². The Labute approximate surface area is 134 Å². The van der Waals surface area contributed by atoms with Crippen LogP contribution in [0.15, 0.2) is 28.7 Å². The summed E-state index contributed by atoms with van der Waals surface area (Å²) in [5.74, 6) is -0.0213. The van der Waals surface area contributed by atoms with E-state index >= 15 is 0 Å². The summed E-state index contributed by atoms with van der Waals surface area (Å²) in [5, 5.41) is 5.71. The molecule has 0 radical (unpaired) electrons. The molecule has 1 aromatic rings. The van der Waals surface area contributed by atoms with E-state index < -0.39 is 0 Å². The van der Waals surface area contributed by atoms with Crippen molar-refractivity contribution in [2.75, 3.05) is 11.9 Å². The smallest absolute Gasteiger partial charge is 0.224 e. The van der Waals surface area contributed by atoms with E-state index in [0.29, 0.717) is 19.4 Å². The number of hydrogen-bond donors (Lipinski definition) is 2. The molecule has 2 amide bonds. The topological polar surface area (TPSA) is 58.2 Å². The highest BCUT2D eigenvalue weighted by Gasteiger charge is 2.13. The summed E-state index contributed by atoms with van der Waals surface area (Å²) < 4.78 is 0.920. The number of anilines is 1. The number of unbranched alkanes of at least 4 members (excludes halogenated alkanes) is 1. The van der Waals surface area contributed by atoms with Crippen LogP contribution in [-0.4, -0.2) is 18.4 Å². The highest BCUT2D eigenvalue weighted by atomic mass is 79.9. The lowest BCUT2D eigenvalue weighted by molar-refractivity contribution is -0.122. The van der Waals surface area contributed by atoms with Crippen LogP contribution in [-0.2, 0) is 9.59 Å². The van der Waals surface area contributed by atoms with Crippen molar-refractivity contribution in [2.24, 2.45) is 5.92 Å². The molecular weight excluding hydrogens is 332 g/mol. The molecule has 1 aromatic carbocycles. The molecule has 21 heavy (non-hydrogen) atoms. The minimum absolute atomic E-state index is 0.0196. The molecule has 0 bridgehead atoms. The fourth-order valence-electron chi connectivity index (χ4n) is 1.96. The van der Waals surface area contributed by atoms with Crippen LogP contribution in [0.1, 0.15) is 39.5 Å². The van der Waals surface area contributed by atoms with Crippen LogP contribution in [0.3, 0.4) is 0 Å². The Morgan fingerprint density at radius 1 is 1.24 bits per heavy atom. The molecule has 2 N–H and O–H groups in total. The highest BCUT2D eigenvalue weighted by Crippen LogP contribution is 2.17. The second kappa shape index (κ2) is 9.55. The Kier molecular flexibility index (Phi) is 8.05. The lowest BCUT2D eigenvalue weighted by Gasteiger charge is -2.12. The van der Waals surface area contributed by atoms with E-state index in [2.05, 4.69) is 33.5 Å². The van der Waals surface area contributed by atoms with Gasteiger partial charge in [-0.1, -0.05) is 42.3 Å². The minimum Gasteiger partial charge on any atom is -0.356 e. The van der Waals surface area contributed by atoms with Gasteiger partial charge < -0.3 is 10.6 Å². The van der Waals surface area contributed by atoms with Gasteiger partial charge in [-0.15, -0.1) is 0 Å². The quantitative estimate of drug-likeness (QED) is 0.699. The predicted octanol–water partition coefficient (Wildman–Crippen LogP) is 3.72. The molecule has 4 nitrogen and oxygen atoms in total. The molecular formula is C16H23BrN2O2. The van der Waals surface area contributed by atoms with Crippen molar-refractivity contribution in [3.05, 3.63) is 28.7 Å². The molecule has 0 aliphatic heterocycles. The fraction of sp³-hybridized carbons (Fsp3) is 0.500. The Morgan fingerprint density at radius 3 is 2.62 bits per heavy atom.